The van der Waals surface area contributed by atoms with Crippen LogP contribution < -0.4 is 11.1 Å². The molecule has 1 aliphatic rings. The molecule has 0 bridgehead atoms. The van der Waals surface area contributed by atoms with E-state index < -0.39 is 18.0 Å². The fourth-order valence-corrected chi connectivity index (χ4v) is 3.48. The molecule has 2 rings (SSSR count). The molecular formula is C22H36N4O5. The second-order valence-corrected chi connectivity index (χ2v) is 8.02. The Morgan fingerprint density at radius 3 is 2.81 bits per heavy atom. The van der Waals surface area contributed by atoms with E-state index in [1.165, 1.54) is 5.56 Å². The van der Waals surface area contributed by atoms with Crippen molar-refractivity contribution in [2.45, 2.75) is 64.5 Å². The fraction of sp³-hybridized carbons (Fsp3) is 0.682. The zero-order valence-corrected chi connectivity index (χ0v) is 18.9. The van der Waals surface area contributed by atoms with Crippen molar-refractivity contribution in [2.24, 2.45) is 5.73 Å². The summed E-state index contributed by atoms with van der Waals surface area (Å²) in [6.45, 7) is 6.37. The third-order valence-corrected chi connectivity index (χ3v) is 5.33. The third kappa shape index (κ3) is 9.20. The number of nitrogens with zero attached hydrogens (tertiary/aromatic N) is 2. The summed E-state index contributed by atoms with van der Waals surface area (Å²) in [7, 11) is 1.68. The molecule has 1 aromatic rings. The molecule has 0 amide bonds. The van der Waals surface area contributed by atoms with Crippen LogP contribution in [0, 0.1) is 0 Å². The van der Waals surface area contributed by atoms with Crippen molar-refractivity contribution in [1.82, 2.24) is 9.88 Å². The average Bonchev–Trinajstić information content (AvgIpc) is 2.77. The number of anilines is 1. The van der Waals surface area contributed by atoms with Gasteiger partial charge in [-0.1, -0.05) is 6.07 Å². The summed E-state index contributed by atoms with van der Waals surface area (Å²) < 4.78 is 5.39. The minimum Gasteiger partial charge on any atom is -0.380 e. The Bertz CT molecular complexity index is 715. The van der Waals surface area contributed by atoms with Crippen LogP contribution in [0.3, 0.4) is 0 Å². The van der Waals surface area contributed by atoms with Crippen LogP contribution >= 0.6 is 0 Å². The standard InChI is InChI=1S/C22H36N4O5/c1-16(29-3)15-26(14-11-20(23)22(28)31-30-17(2)27)13-5-4-8-19-10-9-18-7-6-12-24-21(18)25-19/h9-10,16,20H,4-8,11-15,23H2,1-3H3,(H,24,25)/t16-,20+/m1/s1. The van der Waals surface area contributed by atoms with E-state index in [0.717, 1.165) is 70.2 Å². The molecule has 31 heavy (non-hydrogen) atoms. The van der Waals surface area contributed by atoms with Crippen LogP contribution in [0.15, 0.2) is 12.1 Å². The van der Waals surface area contributed by atoms with Gasteiger partial charge < -0.3 is 20.7 Å². The number of ether oxygens (including phenoxy) is 1. The van der Waals surface area contributed by atoms with E-state index in [-0.39, 0.29) is 6.10 Å². The zero-order chi connectivity index (χ0) is 22.6. The summed E-state index contributed by atoms with van der Waals surface area (Å²) in [4.78, 5) is 38.2. The van der Waals surface area contributed by atoms with Crippen LogP contribution in [0.4, 0.5) is 5.82 Å². The number of rotatable bonds is 12. The van der Waals surface area contributed by atoms with Gasteiger partial charge in [-0.15, -0.1) is 0 Å². The molecule has 1 aromatic heterocycles. The topological polar surface area (TPSA) is 116 Å². The lowest BCUT2D eigenvalue weighted by Gasteiger charge is -2.26. The number of carbonyl (C=O) groups excluding carboxylic acids is 2. The number of hydrogen-bond donors (Lipinski definition) is 2. The van der Waals surface area contributed by atoms with Crippen LogP contribution in [0.5, 0.6) is 0 Å². The maximum atomic E-state index is 11.8. The first-order valence-corrected chi connectivity index (χ1v) is 11.0. The first-order chi connectivity index (χ1) is 14.9. The second-order valence-electron chi connectivity index (χ2n) is 8.02. The fourth-order valence-electron chi connectivity index (χ4n) is 3.48. The largest absolute Gasteiger partial charge is 0.380 e. The number of nitrogens with two attached hydrogens (primary N) is 1. The lowest BCUT2D eigenvalue weighted by atomic mass is 10.1. The van der Waals surface area contributed by atoms with Gasteiger partial charge in [0.1, 0.15) is 11.9 Å². The van der Waals surface area contributed by atoms with Gasteiger partial charge in [0, 0.05) is 39.4 Å². The summed E-state index contributed by atoms with van der Waals surface area (Å²) in [5.74, 6) is -0.406. The second kappa shape index (κ2) is 13.2. The van der Waals surface area contributed by atoms with E-state index in [1.54, 1.807) is 7.11 Å². The van der Waals surface area contributed by atoms with Crippen molar-refractivity contribution in [3.05, 3.63) is 23.4 Å². The lowest BCUT2D eigenvalue weighted by Crippen LogP contribution is -2.39. The van der Waals surface area contributed by atoms with Gasteiger partial charge in [-0.2, -0.15) is 0 Å². The number of nitrogens with one attached hydrogen (secondary N) is 1. The van der Waals surface area contributed by atoms with Crippen molar-refractivity contribution in [3.8, 4) is 0 Å². The SMILES string of the molecule is CO[C@H](C)CN(CCCCc1ccc2c(n1)NCCC2)CC[C@H](N)C(=O)OOC(C)=O. The van der Waals surface area contributed by atoms with Crippen molar-refractivity contribution >= 4 is 17.8 Å². The Balaban J connectivity index is 1.76. The van der Waals surface area contributed by atoms with Crippen molar-refractivity contribution in [2.75, 3.05) is 38.6 Å². The first kappa shape index (κ1) is 25.0. The van der Waals surface area contributed by atoms with Crippen molar-refractivity contribution in [1.29, 1.82) is 0 Å². The van der Waals surface area contributed by atoms with Crippen LogP contribution in [0.1, 0.15) is 50.8 Å². The van der Waals surface area contributed by atoms with Gasteiger partial charge in [0.25, 0.3) is 0 Å². The molecule has 0 radical (unpaired) electrons. The predicted octanol–water partition coefficient (Wildman–Crippen LogP) is 1.84. The third-order valence-electron chi connectivity index (χ3n) is 5.33. The van der Waals surface area contributed by atoms with E-state index >= 15 is 0 Å². The molecule has 174 valence electrons. The summed E-state index contributed by atoms with van der Waals surface area (Å²) >= 11 is 0. The molecule has 0 aliphatic carbocycles. The Morgan fingerprint density at radius 2 is 2.06 bits per heavy atom. The molecule has 0 unspecified atom stereocenters. The molecule has 1 aliphatic heterocycles. The van der Waals surface area contributed by atoms with Crippen LogP contribution in [0.25, 0.3) is 0 Å². The Hall–Kier alpha value is -2.23. The highest BCUT2D eigenvalue weighted by Crippen LogP contribution is 2.20. The number of aromatic nitrogens is 1. The molecule has 2 atom stereocenters. The van der Waals surface area contributed by atoms with Gasteiger partial charge in [0.05, 0.1) is 6.10 Å². The highest BCUT2D eigenvalue weighted by Gasteiger charge is 2.20. The Labute approximate surface area is 184 Å². The molecule has 9 nitrogen and oxygen atoms in total. The summed E-state index contributed by atoms with van der Waals surface area (Å²) in [5, 5.41) is 3.38. The highest BCUT2D eigenvalue weighted by atomic mass is 17.2. The smallest absolute Gasteiger partial charge is 0.372 e. The van der Waals surface area contributed by atoms with Gasteiger partial charge >= 0.3 is 11.9 Å². The quantitative estimate of drug-likeness (QED) is 0.287. The molecule has 3 N–H and O–H groups in total. The van der Waals surface area contributed by atoms with Crippen LogP contribution in [-0.2, 0) is 36.9 Å². The molecule has 0 fully saturated rings. The van der Waals surface area contributed by atoms with Crippen molar-refractivity contribution in [3.63, 3.8) is 0 Å². The van der Waals surface area contributed by atoms with Gasteiger partial charge in [0.2, 0.25) is 0 Å². The first-order valence-electron chi connectivity index (χ1n) is 11.0. The van der Waals surface area contributed by atoms with Gasteiger partial charge in [-0.25, -0.2) is 24.3 Å². The number of aryl methyl sites for hydroxylation is 2. The highest BCUT2D eigenvalue weighted by molar-refractivity contribution is 5.76. The Kier molecular flexibility index (Phi) is 10.7. The number of fused-ring (bicyclic) bond motifs is 1. The maximum absolute atomic E-state index is 11.8. The minimum atomic E-state index is -0.855. The average molecular weight is 437 g/mol. The van der Waals surface area contributed by atoms with Crippen LogP contribution in [-0.4, -0.2) is 67.3 Å². The molecule has 0 aromatic carbocycles. The van der Waals surface area contributed by atoms with Gasteiger partial charge in [0.15, 0.2) is 0 Å². The van der Waals surface area contributed by atoms with E-state index in [4.69, 9.17) is 15.5 Å². The molecule has 9 heteroatoms. The van der Waals surface area contributed by atoms with E-state index in [1.807, 2.05) is 6.92 Å². The number of unbranched alkanes of at least 4 members (excludes halogenated alkanes) is 1. The van der Waals surface area contributed by atoms with E-state index in [2.05, 4.69) is 32.1 Å². The molecule has 0 saturated heterocycles. The Morgan fingerprint density at radius 1 is 1.26 bits per heavy atom. The summed E-state index contributed by atoms with van der Waals surface area (Å²) in [5.41, 5.74) is 8.28. The summed E-state index contributed by atoms with van der Waals surface area (Å²) in [6.07, 6.45) is 5.66. The molecule has 0 saturated carbocycles. The summed E-state index contributed by atoms with van der Waals surface area (Å²) in [6, 6.07) is 3.46. The number of pyridine rings is 1. The minimum absolute atomic E-state index is 0.0672. The van der Waals surface area contributed by atoms with Crippen LogP contribution in [0.2, 0.25) is 0 Å². The van der Waals surface area contributed by atoms with Gasteiger partial charge in [-0.05, 0) is 63.6 Å². The van der Waals surface area contributed by atoms with E-state index in [0.29, 0.717) is 13.0 Å². The number of carbonyl (C=O) groups is 2. The molecular weight excluding hydrogens is 400 g/mol. The lowest BCUT2D eigenvalue weighted by molar-refractivity contribution is -0.258. The monoisotopic (exact) mass is 436 g/mol. The van der Waals surface area contributed by atoms with Crippen molar-refractivity contribution < 1.29 is 24.1 Å². The van der Waals surface area contributed by atoms with Gasteiger partial charge in [-0.3, -0.25) is 0 Å². The molecule has 0 spiro atoms. The number of hydrogen-bond acceptors (Lipinski definition) is 9. The predicted molar refractivity (Wildman–Crippen MR) is 117 cm³/mol. The van der Waals surface area contributed by atoms with E-state index in [9.17, 15) is 9.59 Å². The maximum Gasteiger partial charge on any atom is 0.372 e. The molecule has 2 heterocycles. The zero-order valence-electron chi connectivity index (χ0n) is 18.9. The number of methoxy groups -OCH3 is 1. The normalized spacial score (nSPS) is 15.0.